The third kappa shape index (κ3) is 5.80. The van der Waals surface area contributed by atoms with Crippen LogP contribution in [0.15, 0.2) is 26.8 Å². The van der Waals surface area contributed by atoms with E-state index in [2.05, 4.69) is 75.9 Å². The van der Waals surface area contributed by atoms with Crippen LogP contribution in [-0.4, -0.2) is 17.1 Å². The summed E-state index contributed by atoms with van der Waals surface area (Å²) in [5.74, 6) is 0. The summed E-state index contributed by atoms with van der Waals surface area (Å²) < 4.78 is 1.98. The summed E-state index contributed by atoms with van der Waals surface area (Å²) in [6.45, 7) is 9.46. The lowest BCUT2D eigenvalue weighted by molar-refractivity contribution is 0.445. The summed E-state index contributed by atoms with van der Waals surface area (Å²) in [5.41, 5.74) is 2.36. The molecule has 4 heteroatoms. The van der Waals surface area contributed by atoms with Crippen LogP contribution in [0.4, 0.5) is 0 Å². The van der Waals surface area contributed by atoms with E-state index < -0.39 is 0 Å². The minimum absolute atomic E-state index is 0.138. The Hall–Kier alpha value is -0.190. The smallest absolute Gasteiger partial charge is 0.0772 e. The summed E-state index contributed by atoms with van der Waals surface area (Å²) in [7, 11) is 0. The second-order valence-electron chi connectivity index (χ2n) is 5.11. The van der Waals surface area contributed by atoms with Crippen molar-refractivity contribution in [2.75, 3.05) is 6.54 Å². The maximum absolute atomic E-state index is 4.36. The highest BCUT2D eigenvalue weighted by Crippen LogP contribution is 2.21. The van der Waals surface area contributed by atoms with E-state index in [1.54, 1.807) is 6.20 Å². The first-order valence-corrected chi connectivity index (χ1v) is 7.10. The molecule has 1 heterocycles. The average molecular weight is 362 g/mol. The summed E-state index contributed by atoms with van der Waals surface area (Å²) in [5, 5.41) is 3.45. The van der Waals surface area contributed by atoms with Gasteiger partial charge < -0.3 is 5.32 Å². The Morgan fingerprint density at radius 1 is 1.41 bits per heavy atom. The van der Waals surface area contributed by atoms with E-state index in [0.29, 0.717) is 0 Å². The van der Waals surface area contributed by atoms with Crippen molar-refractivity contribution < 1.29 is 0 Å². The Kier molecular flexibility index (Phi) is 5.35. The molecule has 0 radical (unpaired) electrons. The Labute approximate surface area is 120 Å². The molecule has 0 aliphatic carbocycles. The standard InChI is InChI=1S/C13H18Br2N2/c1-9(7-17-13(2,3)4)5-12-11(15)6-10(14)8-16-12/h5-6,8,17H,7H2,1-4H3. The molecule has 0 bridgehead atoms. The van der Waals surface area contributed by atoms with Gasteiger partial charge in [-0.15, -0.1) is 0 Å². The van der Waals surface area contributed by atoms with Gasteiger partial charge in [0.05, 0.1) is 5.69 Å². The predicted molar refractivity (Wildman–Crippen MR) is 81.0 cm³/mol. The first kappa shape index (κ1) is 14.9. The Balaban J connectivity index is 2.74. The van der Waals surface area contributed by atoms with E-state index in [1.807, 2.05) is 6.07 Å². The molecule has 0 saturated carbocycles. The maximum atomic E-state index is 4.36. The Morgan fingerprint density at radius 2 is 2.06 bits per heavy atom. The highest BCUT2D eigenvalue weighted by molar-refractivity contribution is 9.11. The van der Waals surface area contributed by atoms with Gasteiger partial charge in [0.15, 0.2) is 0 Å². The first-order valence-electron chi connectivity index (χ1n) is 5.51. The lowest BCUT2D eigenvalue weighted by Crippen LogP contribution is -2.36. The van der Waals surface area contributed by atoms with Crippen LogP contribution >= 0.6 is 31.9 Å². The molecule has 17 heavy (non-hydrogen) atoms. The topological polar surface area (TPSA) is 24.9 Å². The number of halogens is 2. The van der Waals surface area contributed by atoms with Gasteiger partial charge in [0, 0.05) is 27.2 Å². The number of nitrogens with one attached hydrogen (secondary N) is 1. The van der Waals surface area contributed by atoms with Gasteiger partial charge >= 0.3 is 0 Å². The molecule has 0 spiro atoms. The van der Waals surface area contributed by atoms with Crippen molar-refractivity contribution in [1.29, 1.82) is 0 Å². The molecule has 1 aromatic heterocycles. The number of rotatable bonds is 3. The normalized spacial score (nSPS) is 12.9. The molecule has 0 aliphatic rings. The zero-order chi connectivity index (χ0) is 13.1. The lowest BCUT2D eigenvalue weighted by Gasteiger charge is -2.20. The summed E-state index contributed by atoms with van der Waals surface area (Å²) in [4.78, 5) is 4.36. The molecular weight excluding hydrogens is 344 g/mol. The molecule has 0 aromatic carbocycles. The molecule has 0 atom stereocenters. The van der Waals surface area contributed by atoms with Gasteiger partial charge in [0.25, 0.3) is 0 Å². The molecule has 1 aromatic rings. The second-order valence-corrected chi connectivity index (χ2v) is 6.88. The zero-order valence-corrected chi connectivity index (χ0v) is 13.8. The highest BCUT2D eigenvalue weighted by atomic mass is 79.9. The lowest BCUT2D eigenvalue weighted by atomic mass is 10.1. The SMILES string of the molecule is CC(=Cc1ncc(Br)cc1Br)CNC(C)(C)C. The quantitative estimate of drug-likeness (QED) is 0.863. The number of aromatic nitrogens is 1. The Bertz CT molecular complexity index is 420. The molecule has 94 valence electrons. The molecule has 0 saturated heterocycles. The van der Waals surface area contributed by atoms with Crippen LogP contribution in [-0.2, 0) is 0 Å². The van der Waals surface area contributed by atoms with Crippen molar-refractivity contribution in [2.24, 2.45) is 0 Å². The average Bonchev–Trinajstić information content (AvgIpc) is 2.18. The fraction of sp³-hybridized carbons (Fsp3) is 0.462. The summed E-state index contributed by atoms with van der Waals surface area (Å²) >= 11 is 6.90. The number of hydrogen-bond acceptors (Lipinski definition) is 2. The monoisotopic (exact) mass is 360 g/mol. The third-order valence-corrected chi connectivity index (χ3v) is 3.19. The van der Waals surface area contributed by atoms with E-state index in [1.165, 1.54) is 5.57 Å². The van der Waals surface area contributed by atoms with Crippen LogP contribution in [0.25, 0.3) is 6.08 Å². The number of hydrogen-bond donors (Lipinski definition) is 1. The van der Waals surface area contributed by atoms with Crippen LogP contribution in [0.1, 0.15) is 33.4 Å². The van der Waals surface area contributed by atoms with Gasteiger partial charge in [-0.2, -0.15) is 0 Å². The van der Waals surface area contributed by atoms with Crippen LogP contribution < -0.4 is 5.32 Å². The maximum Gasteiger partial charge on any atom is 0.0772 e. The van der Waals surface area contributed by atoms with Crippen molar-refractivity contribution in [3.8, 4) is 0 Å². The molecule has 0 fully saturated rings. The minimum Gasteiger partial charge on any atom is -0.308 e. The van der Waals surface area contributed by atoms with E-state index in [0.717, 1.165) is 21.2 Å². The number of pyridine rings is 1. The Morgan fingerprint density at radius 3 is 2.59 bits per heavy atom. The number of nitrogens with zero attached hydrogens (tertiary/aromatic N) is 1. The van der Waals surface area contributed by atoms with Gasteiger partial charge in [-0.1, -0.05) is 5.57 Å². The summed E-state index contributed by atoms with van der Waals surface area (Å²) in [6, 6.07) is 2.00. The highest BCUT2D eigenvalue weighted by Gasteiger charge is 2.08. The minimum atomic E-state index is 0.138. The zero-order valence-electron chi connectivity index (χ0n) is 10.6. The molecule has 0 amide bonds. The van der Waals surface area contributed by atoms with Crippen LogP contribution in [0.5, 0.6) is 0 Å². The van der Waals surface area contributed by atoms with Gasteiger partial charge in [-0.3, -0.25) is 4.98 Å². The van der Waals surface area contributed by atoms with Gasteiger partial charge in [0.1, 0.15) is 0 Å². The van der Waals surface area contributed by atoms with Crippen molar-refractivity contribution in [1.82, 2.24) is 10.3 Å². The molecule has 1 rings (SSSR count). The molecule has 2 nitrogen and oxygen atoms in total. The van der Waals surface area contributed by atoms with E-state index in [9.17, 15) is 0 Å². The fourth-order valence-electron chi connectivity index (χ4n) is 1.22. The van der Waals surface area contributed by atoms with E-state index >= 15 is 0 Å². The molecule has 0 unspecified atom stereocenters. The molecular formula is C13H18Br2N2. The van der Waals surface area contributed by atoms with Gasteiger partial charge in [-0.25, -0.2) is 0 Å². The van der Waals surface area contributed by atoms with Crippen molar-refractivity contribution in [2.45, 2.75) is 33.2 Å². The van der Waals surface area contributed by atoms with Gasteiger partial charge in [0.2, 0.25) is 0 Å². The van der Waals surface area contributed by atoms with Crippen molar-refractivity contribution in [3.05, 3.63) is 32.5 Å². The summed E-state index contributed by atoms with van der Waals surface area (Å²) in [6.07, 6.45) is 3.90. The molecule has 0 aliphatic heterocycles. The first-order chi connectivity index (χ1) is 7.78. The second kappa shape index (κ2) is 6.12. The van der Waals surface area contributed by atoms with E-state index in [-0.39, 0.29) is 5.54 Å². The molecule has 1 N–H and O–H groups in total. The van der Waals surface area contributed by atoms with Crippen LogP contribution in [0.3, 0.4) is 0 Å². The third-order valence-electron chi connectivity index (χ3n) is 2.12. The van der Waals surface area contributed by atoms with Crippen molar-refractivity contribution >= 4 is 37.9 Å². The van der Waals surface area contributed by atoms with Crippen LogP contribution in [0, 0.1) is 0 Å². The van der Waals surface area contributed by atoms with Crippen LogP contribution in [0.2, 0.25) is 0 Å². The van der Waals surface area contributed by atoms with Crippen molar-refractivity contribution in [3.63, 3.8) is 0 Å². The predicted octanol–water partition coefficient (Wildman–Crippen LogP) is 4.40. The fourth-order valence-corrected chi connectivity index (χ4v) is 2.32. The van der Waals surface area contributed by atoms with Gasteiger partial charge in [-0.05, 0) is 71.7 Å². The van der Waals surface area contributed by atoms with E-state index in [4.69, 9.17) is 0 Å². The largest absolute Gasteiger partial charge is 0.308 e.